The van der Waals surface area contributed by atoms with Gasteiger partial charge >= 0.3 is 0 Å². The Labute approximate surface area is 106 Å². The quantitative estimate of drug-likeness (QED) is 0.762. The first-order valence-electron chi connectivity index (χ1n) is 5.84. The lowest BCUT2D eigenvalue weighted by molar-refractivity contribution is 0.315. The smallest absolute Gasteiger partial charge is 0.173 e. The lowest BCUT2D eigenvalue weighted by Gasteiger charge is -2.07. The fraction of sp³-hybridized carbons (Fsp3) is 0.462. The molecular weight excluding hydrogens is 238 g/mol. The van der Waals surface area contributed by atoms with Crippen LogP contribution in [0.2, 0.25) is 0 Å². The van der Waals surface area contributed by atoms with Gasteiger partial charge in [0, 0.05) is 23.3 Å². The van der Waals surface area contributed by atoms with Crippen LogP contribution in [0, 0.1) is 6.92 Å². The van der Waals surface area contributed by atoms with E-state index in [1.165, 1.54) is 0 Å². The van der Waals surface area contributed by atoms with Gasteiger partial charge in [-0.2, -0.15) is 0 Å². The van der Waals surface area contributed by atoms with Crippen LogP contribution < -0.4 is 4.74 Å². The van der Waals surface area contributed by atoms with Crippen LogP contribution in [0.5, 0.6) is 5.75 Å². The predicted octanol–water partition coefficient (Wildman–Crippen LogP) is 3.71. The van der Waals surface area contributed by atoms with Crippen LogP contribution in [0.4, 0.5) is 0 Å². The van der Waals surface area contributed by atoms with Crippen LogP contribution in [-0.4, -0.2) is 17.6 Å². The molecule has 0 amide bonds. The summed E-state index contributed by atoms with van der Waals surface area (Å²) in [5.41, 5.74) is 2.73. The van der Waals surface area contributed by atoms with Gasteiger partial charge in [-0.05, 0) is 25.5 Å². The Balaban J connectivity index is 2.39. The SMILES string of the molecule is CCCOc1ccc2c(CCCl)noc2c1C. The Morgan fingerprint density at radius 2 is 2.24 bits per heavy atom. The van der Waals surface area contributed by atoms with Crippen molar-refractivity contribution < 1.29 is 9.26 Å². The molecule has 3 nitrogen and oxygen atoms in total. The summed E-state index contributed by atoms with van der Waals surface area (Å²) >= 11 is 5.73. The van der Waals surface area contributed by atoms with E-state index < -0.39 is 0 Å². The summed E-state index contributed by atoms with van der Waals surface area (Å²) in [5, 5.41) is 5.09. The summed E-state index contributed by atoms with van der Waals surface area (Å²) in [7, 11) is 0. The van der Waals surface area contributed by atoms with Crippen molar-refractivity contribution in [2.75, 3.05) is 12.5 Å². The molecule has 1 aromatic carbocycles. The van der Waals surface area contributed by atoms with E-state index in [0.29, 0.717) is 5.88 Å². The van der Waals surface area contributed by atoms with E-state index in [2.05, 4.69) is 12.1 Å². The monoisotopic (exact) mass is 253 g/mol. The maximum Gasteiger partial charge on any atom is 0.173 e. The maximum absolute atomic E-state index is 5.73. The Bertz CT molecular complexity index is 507. The highest BCUT2D eigenvalue weighted by Crippen LogP contribution is 2.29. The van der Waals surface area contributed by atoms with Crippen LogP contribution in [0.3, 0.4) is 0 Å². The molecule has 2 aromatic rings. The van der Waals surface area contributed by atoms with Crippen molar-refractivity contribution in [3.05, 3.63) is 23.4 Å². The first kappa shape index (κ1) is 12.2. The minimum absolute atomic E-state index is 0.550. The summed E-state index contributed by atoms with van der Waals surface area (Å²) in [5.74, 6) is 1.42. The highest BCUT2D eigenvalue weighted by atomic mass is 35.5. The standard InChI is InChI=1S/C13H16ClNO2/c1-3-8-16-12-5-4-10-11(6-7-14)15-17-13(10)9(12)2/h4-5H,3,6-8H2,1-2H3. The Morgan fingerprint density at radius 3 is 2.94 bits per heavy atom. The average molecular weight is 254 g/mol. The zero-order chi connectivity index (χ0) is 12.3. The number of rotatable bonds is 5. The maximum atomic E-state index is 5.73. The van der Waals surface area contributed by atoms with E-state index in [1.54, 1.807) is 0 Å². The number of ether oxygens (including phenoxy) is 1. The second-order valence-corrected chi connectivity index (χ2v) is 4.36. The van der Waals surface area contributed by atoms with E-state index in [0.717, 1.165) is 47.4 Å². The van der Waals surface area contributed by atoms with Crippen molar-refractivity contribution >= 4 is 22.6 Å². The molecule has 0 spiro atoms. The van der Waals surface area contributed by atoms with Crippen molar-refractivity contribution in [3.8, 4) is 5.75 Å². The molecule has 0 saturated heterocycles. The minimum atomic E-state index is 0.550. The summed E-state index contributed by atoms with van der Waals surface area (Å²) in [6, 6.07) is 3.97. The number of aromatic nitrogens is 1. The number of benzene rings is 1. The molecular formula is C13H16ClNO2. The van der Waals surface area contributed by atoms with Gasteiger partial charge in [-0.3, -0.25) is 0 Å². The van der Waals surface area contributed by atoms with Crippen LogP contribution >= 0.6 is 11.6 Å². The summed E-state index contributed by atoms with van der Waals surface area (Å²) in [4.78, 5) is 0. The molecule has 0 unspecified atom stereocenters. The summed E-state index contributed by atoms with van der Waals surface area (Å²) < 4.78 is 11.0. The predicted molar refractivity (Wildman–Crippen MR) is 69.0 cm³/mol. The molecule has 0 atom stereocenters. The molecule has 0 aliphatic heterocycles. The number of nitrogens with zero attached hydrogens (tertiary/aromatic N) is 1. The van der Waals surface area contributed by atoms with Gasteiger partial charge in [-0.15, -0.1) is 11.6 Å². The van der Waals surface area contributed by atoms with Gasteiger partial charge in [-0.25, -0.2) is 0 Å². The van der Waals surface area contributed by atoms with E-state index >= 15 is 0 Å². The number of aryl methyl sites for hydroxylation is 2. The van der Waals surface area contributed by atoms with Gasteiger partial charge in [0.1, 0.15) is 5.75 Å². The van der Waals surface area contributed by atoms with Gasteiger partial charge in [0.2, 0.25) is 0 Å². The fourth-order valence-electron chi connectivity index (χ4n) is 1.81. The Hall–Kier alpha value is -1.22. The fourth-order valence-corrected chi connectivity index (χ4v) is 1.99. The van der Waals surface area contributed by atoms with Gasteiger partial charge in [0.05, 0.1) is 12.3 Å². The van der Waals surface area contributed by atoms with Gasteiger partial charge in [0.15, 0.2) is 5.58 Å². The second-order valence-electron chi connectivity index (χ2n) is 3.98. The van der Waals surface area contributed by atoms with Crippen molar-refractivity contribution in [3.63, 3.8) is 0 Å². The van der Waals surface area contributed by atoms with Crippen LogP contribution in [0.15, 0.2) is 16.7 Å². The molecule has 1 heterocycles. The zero-order valence-corrected chi connectivity index (χ0v) is 10.9. The first-order chi connectivity index (χ1) is 8.27. The van der Waals surface area contributed by atoms with Crippen molar-refractivity contribution in [1.82, 2.24) is 5.16 Å². The summed E-state index contributed by atoms with van der Waals surface area (Å²) in [6.07, 6.45) is 1.72. The van der Waals surface area contributed by atoms with Crippen molar-refractivity contribution in [1.29, 1.82) is 0 Å². The first-order valence-corrected chi connectivity index (χ1v) is 6.38. The van der Waals surface area contributed by atoms with Gasteiger partial charge in [0.25, 0.3) is 0 Å². The Kier molecular flexibility index (Phi) is 3.89. The third kappa shape index (κ3) is 2.39. The lowest BCUT2D eigenvalue weighted by Crippen LogP contribution is -1.97. The normalized spacial score (nSPS) is 11.0. The van der Waals surface area contributed by atoms with Crippen molar-refractivity contribution in [2.45, 2.75) is 26.7 Å². The largest absolute Gasteiger partial charge is 0.493 e. The van der Waals surface area contributed by atoms with E-state index in [4.69, 9.17) is 20.9 Å². The average Bonchev–Trinajstić information content (AvgIpc) is 2.73. The molecule has 4 heteroatoms. The van der Waals surface area contributed by atoms with Gasteiger partial charge < -0.3 is 9.26 Å². The lowest BCUT2D eigenvalue weighted by atomic mass is 10.1. The van der Waals surface area contributed by atoms with Crippen molar-refractivity contribution in [2.24, 2.45) is 0 Å². The van der Waals surface area contributed by atoms with Crippen LogP contribution in [0.25, 0.3) is 11.0 Å². The molecule has 0 fully saturated rings. The van der Waals surface area contributed by atoms with Gasteiger partial charge in [-0.1, -0.05) is 12.1 Å². The molecule has 0 aliphatic carbocycles. The second kappa shape index (κ2) is 5.41. The Morgan fingerprint density at radius 1 is 1.41 bits per heavy atom. The molecule has 0 radical (unpaired) electrons. The topological polar surface area (TPSA) is 35.3 Å². The third-order valence-corrected chi connectivity index (χ3v) is 2.90. The number of hydrogen-bond donors (Lipinski definition) is 0. The molecule has 1 aromatic heterocycles. The number of fused-ring (bicyclic) bond motifs is 1. The summed E-state index contributed by atoms with van der Waals surface area (Å²) in [6.45, 7) is 4.79. The zero-order valence-electron chi connectivity index (χ0n) is 10.1. The molecule has 0 saturated carbocycles. The number of hydrogen-bond acceptors (Lipinski definition) is 3. The number of alkyl halides is 1. The third-order valence-electron chi connectivity index (χ3n) is 2.71. The highest BCUT2D eigenvalue weighted by molar-refractivity contribution is 6.18. The van der Waals surface area contributed by atoms with Crippen LogP contribution in [0.1, 0.15) is 24.6 Å². The molecule has 17 heavy (non-hydrogen) atoms. The van der Waals surface area contributed by atoms with Crippen LogP contribution in [-0.2, 0) is 6.42 Å². The van der Waals surface area contributed by atoms with E-state index in [1.807, 2.05) is 19.1 Å². The minimum Gasteiger partial charge on any atom is -0.493 e. The molecule has 2 rings (SSSR count). The van der Waals surface area contributed by atoms with E-state index in [9.17, 15) is 0 Å². The highest BCUT2D eigenvalue weighted by Gasteiger charge is 2.13. The molecule has 0 aliphatic rings. The molecule has 0 N–H and O–H groups in total. The molecule has 92 valence electrons. The molecule has 0 bridgehead atoms. The van der Waals surface area contributed by atoms with E-state index in [-0.39, 0.29) is 0 Å². The number of halogens is 1.